The van der Waals surface area contributed by atoms with E-state index < -0.39 is 0 Å². The second-order valence-corrected chi connectivity index (χ2v) is 1.89. The van der Waals surface area contributed by atoms with Gasteiger partial charge in [-0.05, 0) is 17.7 Å². The highest BCUT2D eigenvalue weighted by Gasteiger charge is 1.98. The molecule has 0 N–H and O–H groups in total. The molecule has 2 nitrogen and oxygen atoms in total. The molecule has 0 aromatic rings. The van der Waals surface area contributed by atoms with Gasteiger partial charge in [0.25, 0.3) is 0 Å². The van der Waals surface area contributed by atoms with E-state index in [1.807, 2.05) is 0 Å². The van der Waals surface area contributed by atoms with Crippen LogP contribution in [0.3, 0.4) is 0 Å². The van der Waals surface area contributed by atoms with Crippen LogP contribution in [0.15, 0.2) is 29.9 Å². The molecule has 0 aliphatic heterocycles. The summed E-state index contributed by atoms with van der Waals surface area (Å²) in [5.74, 6) is 0. The van der Waals surface area contributed by atoms with Crippen molar-refractivity contribution in [2.45, 2.75) is 0 Å². The van der Waals surface area contributed by atoms with Crippen LogP contribution in [-0.4, -0.2) is 17.5 Å². The highest BCUT2D eigenvalue weighted by Crippen LogP contribution is 2.00. The Bertz CT molecular complexity index is 175. The van der Waals surface area contributed by atoms with Crippen LogP contribution in [0.25, 0.3) is 0 Å². The molecular formula is C6H8ClFN2. The van der Waals surface area contributed by atoms with Gasteiger partial charge >= 0.3 is 0 Å². The number of amidine groups is 1. The molecule has 0 aromatic carbocycles. The fourth-order valence-electron chi connectivity index (χ4n) is 0.233. The maximum atomic E-state index is 12.1. The van der Waals surface area contributed by atoms with Crippen molar-refractivity contribution in [2.75, 3.05) is 7.05 Å². The molecule has 0 spiro atoms. The van der Waals surface area contributed by atoms with Crippen molar-refractivity contribution in [3.05, 3.63) is 24.9 Å². The summed E-state index contributed by atoms with van der Waals surface area (Å²) in [6.45, 7) is 6.78. The third kappa shape index (κ3) is 3.25. The molecule has 0 aromatic heterocycles. The van der Waals surface area contributed by atoms with E-state index in [0.29, 0.717) is 5.70 Å². The second-order valence-electron chi connectivity index (χ2n) is 1.55. The highest BCUT2D eigenvalue weighted by molar-refractivity contribution is 6.64. The lowest BCUT2D eigenvalue weighted by atomic mass is 10.5. The Labute approximate surface area is 64.2 Å². The van der Waals surface area contributed by atoms with Gasteiger partial charge in [0.2, 0.25) is 5.29 Å². The Morgan fingerprint density at radius 1 is 1.80 bits per heavy atom. The Hall–Kier alpha value is -0.830. The normalized spacial score (nSPS) is 10.9. The maximum Gasteiger partial charge on any atom is 0.227 e. The second kappa shape index (κ2) is 4.06. The van der Waals surface area contributed by atoms with Gasteiger partial charge in [0.15, 0.2) is 0 Å². The minimum atomic E-state index is -0.259. The van der Waals surface area contributed by atoms with Crippen LogP contribution >= 0.6 is 11.6 Å². The van der Waals surface area contributed by atoms with Crippen molar-refractivity contribution in [1.29, 1.82) is 0 Å². The Morgan fingerprint density at radius 2 is 2.30 bits per heavy atom. The third-order valence-corrected chi connectivity index (χ3v) is 1.04. The number of allylic oxidation sites excluding steroid dienone is 1. The average Bonchev–Trinajstić information content (AvgIpc) is 1.87. The first-order chi connectivity index (χ1) is 4.57. The van der Waals surface area contributed by atoms with Gasteiger partial charge in [-0.2, -0.15) is 5.12 Å². The van der Waals surface area contributed by atoms with E-state index in [9.17, 15) is 4.48 Å². The van der Waals surface area contributed by atoms with Gasteiger partial charge in [0, 0.05) is 7.05 Å². The molecule has 0 aliphatic carbocycles. The highest BCUT2D eigenvalue weighted by atomic mass is 35.5. The summed E-state index contributed by atoms with van der Waals surface area (Å²) >= 11 is 5.28. The monoisotopic (exact) mass is 162 g/mol. The first kappa shape index (κ1) is 9.17. The summed E-state index contributed by atoms with van der Waals surface area (Å²) in [7, 11) is 1.14. The van der Waals surface area contributed by atoms with Gasteiger partial charge in [-0.3, -0.25) is 0 Å². The molecule has 56 valence electrons. The van der Waals surface area contributed by atoms with Crippen LogP contribution in [0, 0.1) is 0 Å². The summed E-state index contributed by atoms with van der Waals surface area (Å²) in [6, 6.07) is 0. The Morgan fingerprint density at radius 3 is 2.60 bits per heavy atom. The molecular weight excluding hydrogens is 155 g/mol. The van der Waals surface area contributed by atoms with E-state index in [0.717, 1.165) is 7.05 Å². The molecule has 0 aliphatic rings. The van der Waals surface area contributed by atoms with E-state index in [1.54, 1.807) is 0 Å². The Kier molecular flexibility index (Phi) is 3.72. The molecule has 0 atom stereocenters. The fourth-order valence-corrected chi connectivity index (χ4v) is 0.342. The minimum Gasteiger partial charge on any atom is -0.219 e. The topological polar surface area (TPSA) is 15.6 Å². The summed E-state index contributed by atoms with van der Waals surface area (Å²) in [5, 5.41) is -0.0686. The lowest BCUT2D eigenvalue weighted by molar-refractivity contribution is 0.166. The van der Waals surface area contributed by atoms with Gasteiger partial charge in [-0.1, -0.05) is 17.6 Å². The molecule has 0 amide bonds. The number of hydrogen-bond donors (Lipinski definition) is 0. The van der Waals surface area contributed by atoms with Gasteiger partial charge < -0.3 is 0 Å². The van der Waals surface area contributed by atoms with Crippen molar-refractivity contribution in [2.24, 2.45) is 4.99 Å². The summed E-state index contributed by atoms with van der Waals surface area (Å²) in [6.07, 6.45) is 1.38. The number of hydrogen-bond acceptors (Lipinski definition) is 1. The van der Waals surface area contributed by atoms with E-state index in [4.69, 9.17) is 11.6 Å². The first-order valence-corrected chi connectivity index (χ1v) is 2.90. The maximum absolute atomic E-state index is 12.1. The standard InChI is InChI=1S/C6H8ClFN2/c1-4-5(2)9-6(7)10(3)8/h4H,1-2H2,3H3. The number of nitrogens with zero attached hydrogens (tertiary/aromatic N) is 2. The first-order valence-electron chi connectivity index (χ1n) is 2.53. The molecule has 0 heterocycles. The van der Waals surface area contributed by atoms with Crippen LogP contribution in [0.5, 0.6) is 0 Å². The number of rotatable bonds is 2. The van der Waals surface area contributed by atoms with Gasteiger partial charge in [0.05, 0.1) is 5.70 Å². The van der Waals surface area contributed by atoms with Crippen molar-refractivity contribution < 1.29 is 4.48 Å². The summed E-state index contributed by atoms with van der Waals surface area (Å²) in [5.41, 5.74) is 0.328. The molecule has 0 radical (unpaired) electrons. The zero-order valence-corrected chi connectivity index (χ0v) is 6.40. The molecule has 0 bridgehead atoms. The zero-order valence-electron chi connectivity index (χ0n) is 5.64. The van der Waals surface area contributed by atoms with Gasteiger partial charge in [0.1, 0.15) is 0 Å². The van der Waals surface area contributed by atoms with Gasteiger partial charge in [-0.15, -0.1) is 0 Å². The van der Waals surface area contributed by atoms with Crippen molar-refractivity contribution in [3.8, 4) is 0 Å². The largest absolute Gasteiger partial charge is 0.227 e. The smallest absolute Gasteiger partial charge is 0.219 e. The SMILES string of the molecule is C=CC(=C)N=C(Cl)N(C)F. The molecule has 4 heteroatoms. The van der Waals surface area contributed by atoms with Crippen LogP contribution in [0.2, 0.25) is 0 Å². The Balaban J connectivity index is 4.16. The van der Waals surface area contributed by atoms with Crippen molar-refractivity contribution >= 4 is 16.9 Å². The van der Waals surface area contributed by atoms with E-state index in [1.165, 1.54) is 6.08 Å². The molecule has 0 unspecified atom stereocenters. The predicted octanol–water partition coefficient (Wildman–Crippen LogP) is 2.10. The fraction of sp³-hybridized carbons (Fsp3) is 0.167. The van der Waals surface area contributed by atoms with E-state index in [2.05, 4.69) is 18.2 Å². The average molecular weight is 163 g/mol. The molecule has 0 rings (SSSR count). The quantitative estimate of drug-likeness (QED) is 0.200. The zero-order chi connectivity index (χ0) is 8.15. The van der Waals surface area contributed by atoms with Crippen molar-refractivity contribution in [1.82, 2.24) is 5.12 Å². The lowest BCUT2D eigenvalue weighted by Crippen LogP contribution is -2.10. The molecule has 0 fully saturated rings. The van der Waals surface area contributed by atoms with Crippen molar-refractivity contribution in [3.63, 3.8) is 0 Å². The number of aliphatic imine (C=N–C) groups is 1. The van der Waals surface area contributed by atoms with Crippen LogP contribution in [0.4, 0.5) is 4.48 Å². The summed E-state index contributed by atoms with van der Waals surface area (Å²) in [4.78, 5) is 3.52. The van der Waals surface area contributed by atoms with Crippen LogP contribution < -0.4 is 0 Å². The lowest BCUT2D eigenvalue weighted by Gasteiger charge is -2.01. The van der Waals surface area contributed by atoms with Gasteiger partial charge in [-0.25, -0.2) is 4.99 Å². The molecule has 10 heavy (non-hydrogen) atoms. The van der Waals surface area contributed by atoms with E-state index >= 15 is 0 Å². The van der Waals surface area contributed by atoms with E-state index in [-0.39, 0.29) is 10.4 Å². The summed E-state index contributed by atoms with van der Waals surface area (Å²) < 4.78 is 12.1. The third-order valence-electron chi connectivity index (χ3n) is 0.726. The minimum absolute atomic E-state index is 0.191. The van der Waals surface area contributed by atoms with Crippen LogP contribution in [0.1, 0.15) is 0 Å². The number of halogens is 2. The molecule has 0 saturated heterocycles. The predicted molar refractivity (Wildman–Crippen MR) is 41.5 cm³/mol. The molecule has 0 saturated carbocycles. The van der Waals surface area contributed by atoms with Crippen LogP contribution in [-0.2, 0) is 0 Å².